The third-order valence-electron chi connectivity index (χ3n) is 2.60. The van der Waals surface area contributed by atoms with Gasteiger partial charge in [0.2, 0.25) is 0 Å². The Morgan fingerprint density at radius 2 is 2.14 bits per heavy atom. The second-order valence-electron chi connectivity index (χ2n) is 3.71. The number of rotatable bonds is 3. The summed E-state index contributed by atoms with van der Waals surface area (Å²) in [5.41, 5.74) is 5.77. The van der Waals surface area contributed by atoms with Crippen LogP contribution in [0.5, 0.6) is 0 Å². The summed E-state index contributed by atoms with van der Waals surface area (Å²) in [5, 5.41) is 9.79. The predicted octanol–water partition coefficient (Wildman–Crippen LogP) is 0.393. The molecule has 0 bridgehead atoms. The van der Waals surface area contributed by atoms with Crippen molar-refractivity contribution in [3.05, 3.63) is 0 Å². The van der Waals surface area contributed by atoms with E-state index in [0.717, 1.165) is 0 Å². The van der Waals surface area contributed by atoms with Gasteiger partial charge in [0.15, 0.2) is 6.29 Å². The van der Waals surface area contributed by atoms with E-state index >= 15 is 0 Å². The average Bonchev–Trinajstić information content (AvgIpc) is 2.18. The lowest BCUT2D eigenvalue weighted by Crippen LogP contribution is -2.57. The standard InChI is InChI=1S/C9H19NO3S/c1-5-8(11)7(10)6(2)13-9(5)12-4-14-3/h5-9,11H,4,10H2,1-3H3/t5?,6?,7-,8+,9-/m0/s1. The van der Waals surface area contributed by atoms with Crippen molar-refractivity contribution in [3.8, 4) is 0 Å². The molecule has 5 heteroatoms. The highest BCUT2D eigenvalue weighted by atomic mass is 32.2. The Bertz CT molecular complexity index is 181. The van der Waals surface area contributed by atoms with Gasteiger partial charge in [0, 0.05) is 5.92 Å². The molecule has 0 saturated carbocycles. The molecule has 5 atom stereocenters. The SMILES string of the molecule is CSCO[C@H]1OC(C)[C@H](N)[C@H](O)C1C. The highest BCUT2D eigenvalue weighted by Gasteiger charge is 2.39. The number of nitrogens with two attached hydrogens (primary N) is 1. The fourth-order valence-corrected chi connectivity index (χ4v) is 1.81. The van der Waals surface area contributed by atoms with Gasteiger partial charge in [-0.3, -0.25) is 0 Å². The third-order valence-corrected chi connectivity index (χ3v) is 2.98. The number of ether oxygens (including phenoxy) is 2. The molecule has 1 saturated heterocycles. The molecule has 0 radical (unpaired) electrons. The van der Waals surface area contributed by atoms with Crippen molar-refractivity contribution in [1.29, 1.82) is 0 Å². The van der Waals surface area contributed by atoms with Crippen molar-refractivity contribution in [2.24, 2.45) is 11.7 Å². The molecular weight excluding hydrogens is 202 g/mol. The molecule has 0 aromatic rings. The maximum atomic E-state index is 9.79. The van der Waals surface area contributed by atoms with Crippen LogP contribution in [0.4, 0.5) is 0 Å². The first-order chi connectivity index (χ1) is 6.57. The van der Waals surface area contributed by atoms with Crippen molar-refractivity contribution in [1.82, 2.24) is 0 Å². The van der Waals surface area contributed by atoms with Crippen LogP contribution in [0.2, 0.25) is 0 Å². The molecule has 1 aliphatic rings. The first kappa shape index (κ1) is 12.3. The molecule has 1 heterocycles. The summed E-state index contributed by atoms with van der Waals surface area (Å²) >= 11 is 1.59. The molecule has 4 nitrogen and oxygen atoms in total. The summed E-state index contributed by atoms with van der Waals surface area (Å²) in [4.78, 5) is 0. The molecule has 1 aliphatic heterocycles. The molecule has 0 aromatic heterocycles. The summed E-state index contributed by atoms with van der Waals surface area (Å²) in [6.45, 7) is 3.75. The van der Waals surface area contributed by atoms with Crippen LogP contribution in [0.25, 0.3) is 0 Å². The minimum absolute atomic E-state index is 0.0756. The fourth-order valence-electron chi connectivity index (χ4n) is 1.54. The summed E-state index contributed by atoms with van der Waals surface area (Å²) in [6.07, 6.45) is 0.907. The molecular formula is C9H19NO3S. The van der Waals surface area contributed by atoms with Gasteiger partial charge < -0.3 is 20.3 Å². The topological polar surface area (TPSA) is 64.7 Å². The quantitative estimate of drug-likeness (QED) is 0.675. The maximum absolute atomic E-state index is 9.79. The average molecular weight is 221 g/mol. The zero-order valence-electron chi connectivity index (χ0n) is 8.84. The second kappa shape index (κ2) is 5.32. The Morgan fingerprint density at radius 3 is 2.71 bits per heavy atom. The van der Waals surface area contributed by atoms with E-state index in [2.05, 4.69) is 0 Å². The zero-order valence-corrected chi connectivity index (χ0v) is 9.66. The van der Waals surface area contributed by atoms with Crippen LogP contribution >= 0.6 is 11.8 Å². The zero-order chi connectivity index (χ0) is 10.7. The smallest absolute Gasteiger partial charge is 0.164 e. The minimum Gasteiger partial charge on any atom is -0.391 e. The highest BCUT2D eigenvalue weighted by molar-refractivity contribution is 7.98. The van der Waals surface area contributed by atoms with E-state index < -0.39 is 6.10 Å². The van der Waals surface area contributed by atoms with Crippen LogP contribution in [0.1, 0.15) is 13.8 Å². The Hall–Kier alpha value is 0.190. The van der Waals surface area contributed by atoms with E-state index in [4.69, 9.17) is 15.2 Å². The van der Waals surface area contributed by atoms with Crippen molar-refractivity contribution in [3.63, 3.8) is 0 Å². The molecule has 84 valence electrons. The van der Waals surface area contributed by atoms with Gasteiger partial charge in [0.25, 0.3) is 0 Å². The van der Waals surface area contributed by atoms with E-state index in [-0.39, 0.29) is 24.4 Å². The number of aliphatic hydroxyl groups excluding tert-OH is 1. The van der Waals surface area contributed by atoms with Crippen LogP contribution in [-0.2, 0) is 9.47 Å². The number of aliphatic hydroxyl groups is 1. The lowest BCUT2D eigenvalue weighted by molar-refractivity contribution is -0.238. The van der Waals surface area contributed by atoms with Crippen molar-refractivity contribution in [2.45, 2.75) is 38.4 Å². The van der Waals surface area contributed by atoms with Crippen molar-refractivity contribution in [2.75, 3.05) is 12.2 Å². The van der Waals surface area contributed by atoms with Gasteiger partial charge in [-0.1, -0.05) is 6.92 Å². The van der Waals surface area contributed by atoms with Gasteiger partial charge in [-0.25, -0.2) is 0 Å². The highest BCUT2D eigenvalue weighted by Crippen LogP contribution is 2.25. The molecule has 1 rings (SSSR count). The fraction of sp³-hybridized carbons (Fsp3) is 1.00. The normalized spacial score (nSPS) is 43.9. The number of thioether (sulfide) groups is 1. The van der Waals surface area contributed by atoms with Crippen LogP contribution in [0.15, 0.2) is 0 Å². The van der Waals surface area contributed by atoms with E-state index in [1.807, 2.05) is 20.1 Å². The summed E-state index contributed by atoms with van der Waals surface area (Å²) < 4.78 is 11.0. The monoisotopic (exact) mass is 221 g/mol. The summed E-state index contributed by atoms with van der Waals surface area (Å²) in [7, 11) is 0. The van der Waals surface area contributed by atoms with Crippen LogP contribution in [0, 0.1) is 5.92 Å². The van der Waals surface area contributed by atoms with Gasteiger partial charge in [0.1, 0.15) is 0 Å². The molecule has 0 spiro atoms. The van der Waals surface area contributed by atoms with Crippen molar-refractivity contribution < 1.29 is 14.6 Å². The molecule has 1 fully saturated rings. The lowest BCUT2D eigenvalue weighted by atomic mass is 9.91. The summed E-state index contributed by atoms with van der Waals surface area (Å²) in [5.74, 6) is 0.497. The molecule has 2 unspecified atom stereocenters. The van der Waals surface area contributed by atoms with E-state index in [1.165, 1.54) is 0 Å². The molecule has 0 aromatic carbocycles. The molecule has 0 aliphatic carbocycles. The Morgan fingerprint density at radius 1 is 1.50 bits per heavy atom. The number of hydrogen-bond acceptors (Lipinski definition) is 5. The van der Waals surface area contributed by atoms with E-state index in [1.54, 1.807) is 11.8 Å². The molecule has 14 heavy (non-hydrogen) atoms. The van der Waals surface area contributed by atoms with Crippen LogP contribution in [0.3, 0.4) is 0 Å². The largest absolute Gasteiger partial charge is 0.391 e. The van der Waals surface area contributed by atoms with Gasteiger partial charge >= 0.3 is 0 Å². The van der Waals surface area contributed by atoms with Crippen LogP contribution in [-0.4, -0.2) is 41.8 Å². The van der Waals surface area contributed by atoms with E-state index in [0.29, 0.717) is 5.94 Å². The van der Waals surface area contributed by atoms with Gasteiger partial charge in [-0.15, -0.1) is 11.8 Å². The maximum Gasteiger partial charge on any atom is 0.164 e. The Kier molecular flexibility index (Phi) is 4.66. The van der Waals surface area contributed by atoms with Gasteiger partial charge in [0.05, 0.1) is 24.2 Å². The van der Waals surface area contributed by atoms with E-state index in [9.17, 15) is 5.11 Å². The first-order valence-corrected chi connectivity index (χ1v) is 6.17. The van der Waals surface area contributed by atoms with Gasteiger partial charge in [-0.2, -0.15) is 0 Å². The Balaban J connectivity index is 2.52. The van der Waals surface area contributed by atoms with Crippen molar-refractivity contribution >= 4 is 11.8 Å². The Labute approximate surface area is 89.1 Å². The first-order valence-electron chi connectivity index (χ1n) is 4.77. The minimum atomic E-state index is -0.550. The molecule has 0 amide bonds. The third kappa shape index (κ3) is 2.61. The summed E-state index contributed by atoms with van der Waals surface area (Å²) in [6, 6.07) is -0.320. The van der Waals surface area contributed by atoms with Crippen LogP contribution < -0.4 is 5.73 Å². The second-order valence-corrected chi connectivity index (χ2v) is 4.52. The number of hydrogen-bond donors (Lipinski definition) is 2. The van der Waals surface area contributed by atoms with Gasteiger partial charge in [-0.05, 0) is 13.2 Å². The predicted molar refractivity (Wildman–Crippen MR) is 56.9 cm³/mol. The lowest BCUT2D eigenvalue weighted by Gasteiger charge is -2.40. The molecule has 3 N–H and O–H groups in total.